The molecule has 2 unspecified atom stereocenters. The molecule has 108 valence electrons. The van der Waals surface area contributed by atoms with Gasteiger partial charge in [-0.1, -0.05) is 0 Å². The van der Waals surface area contributed by atoms with Gasteiger partial charge >= 0.3 is 6.18 Å². The first-order chi connectivity index (χ1) is 8.11. The average Bonchev–Trinajstić information content (AvgIpc) is 2.21. The number of nitrogens with one attached hydrogen (secondary N) is 2. The van der Waals surface area contributed by atoms with E-state index in [0.29, 0.717) is 0 Å². The number of halogens is 3. The van der Waals surface area contributed by atoms with Crippen molar-refractivity contribution in [1.29, 1.82) is 0 Å². The highest BCUT2D eigenvalue weighted by Crippen LogP contribution is 2.12. The Balaban J connectivity index is 3.93. The lowest BCUT2D eigenvalue weighted by atomic mass is 10.2. The average molecular weight is 269 g/mol. The molecule has 0 saturated heterocycles. The van der Waals surface area contributed by atoms with Gasteiger partial charge in [0.2, 0.25) is 5.91 Å². The summed E-state index contributed by atoms with van der Waals surface area (Å²) in [5, 5.41) is 4.82. The standard InChI is InChI=1S/C11H22F3N3O/c1-8(5-6-17(3)4)16-9(2)10(18)15-7-11(12,13)14/h8-9,16H,5-7H2,1-4H3,(H,15,18). The largest absolute Gasteiger partial charge is 0.405 e. The van der Waals surface area contributed by atoms with E-state index in [4.69, 9.17) is 0 Å². The van der Waals surface area contributed by atoms with E-state index in [9.17, 15) is 18.0 Å². The van der Waals surface area contributed by atoms with Gasteiger partial charge in [0.25, 0.3) is 0 Å². The lowest BCUT2D eigenvalue weighted by Crippen LogP contribution is -2.48. The highest BCUT2D eigenvalue weighted by molar-refractivity contribution is 5.81. The van der Waals surface area contributed by atoms with Crippen molar-refractivity contribution in [2.24, 2.45) is 0 Å². The molecule has 0 aliphatic carbocycles. The van der Waals surface area contributed by atoms with Crippen molar-refractivity contribution in [3.05, 3.63) is 0 Å². The molecule has 0 aromatic heterocycles. The zero-order valence-electron chi connectivity index (χ0n) is 11.3. The first-order valence-electron chi connectivity index (χ1n) is 5.87. The molecule has 7 heteroatoms. The van der Waals surface area contributed by atoms with Crippen LogP contribution < -0.4 is 10.6 Å². The molecular formula is C11H22F3N3O. The molecule has 0 radical (unpaired) electrons. The molecular weight excluding hydrogens is 247 g/mol. The van der Waals surface area contributed by atoms with Crippen molar-refractivity contribution in [2.45, 2.75) is 38.5 Å². The number of hydrogen-bond donors (Lipinski definition) is 2. The summed E-state index contributed by atoms with van der Waals surface area (Å²) in [6.45, 7) is 3.02. The van der Waals surface area contributed by atoms with E-state index in [-0.39, 0.29) is 6.04 Å². The van der Waals surface area contributed by atoms with Gasteiger partial charge in [0.1, 0.15) is 6.54 Å². The van der Waals surface area contributed by atoms with Crippen LogP contribution in [0.15, 0.2) is 0 Å². The molecule has 0 aliphatic heterocycles. The number of rotatable bonds is 7. The zero-order chi connectivity index (χ0) is 14.3. The minimum Gasteiger partial charge on any atom is -0.346 e. The predicted molar refractivity (Wildman–Crippen MR) is 64.3 cm³/mol. The quantitative estimate of drug-likeness (QED) is 0.724. The molecule has 0 fully saturated rings. The summed E-state index contributed by atoms with van der Waals surface area (Å²) in [6.07, 6.45) is -3.55. The van der Waals surface area contributed by atoms with Crippen molar-refractivity contribution in [3.8, 4) is 0 Å². The fraction of sp³-hybridized carbons (Fsp3) is 0.909. The summed E-state index contributed by atoms with van der Waals surface area (Å²) in [5.41, 5.74) is 0. The van der Waals surface area contributed by atoms with Gasteiger partial charge in [0.05, 0.1) is 6.04 Å². The number of hydrogen-bond acceptors (Lipinski definition) is 3. The van der Waals surface area contributed by atoms with E-state index in [0.717, 1.165) is 13.0 Å². The van der Waals surface area contributed by atoms with Crippen molar-refractivity contribution >= 4 is 5.91 Å². The van der Waals surface area contributed by atoms with Crippen molar-refractivity contribution in [3.63, 3.8) is 0 Å². The third-order valence-corrected chi connectivity index (χ3v) is 2.40. The Bertz CT molecular complexity index is 256. The topological polar surface area (TPSA) is 44.4 Å². The Morgan fingerprint density at radius 3 is 2.28 bits per heavy atom. The third kappa shape index (κ3) is 9.23. The summed E-state index contributed by atoms with van der Waals surface area (Å²) in [4.78, 5) is 13.4. The van der Waals surface area contributed by atoms with Crippen LogP contribution in [-0.4, -0.2) is 56.3 Å². The summed E-state index contributed by atoms with van der Waals surface area (Å²) in [6, 6.07) is -0.566. The maximum absolute atomic E-state index is 11.9. The zero-order valence-corrected chi connectivity index (χ0v) is 11.3. The SMILES string of the molecule is CC(CCN(C)C)NC(C)C(=O)NCC(F)(F)F. The number of carbonyl (C=O) groups excluding carboxylic acids is 1. The Hall–Kier alpha value is -0.820. The number of alkyl halides is 3. The molecule has 0 rings (SSSR count). The number of nitrogens with zero attached hydrogens (tertiary/aromatic N) is 1. The summed E-state index contributed by atoms with van der Waals surface area (Å²) in [5.74, 6) is -0.635. The van der Waals surface area contributed by atoms with E-state index in [1.807, 2.05) is 31.2 Å². The van der Waals surface area contributed by atoms with Gasteiger partial charge in [-0.05, 0) is 40.9 Å². The minimum atomic E-state index is -4.37. The summed E-state index contributed by atoms with van der Waals surface area (Å²) >= 11 is 0. The fourth-order valence-corrected chi connectivity index (χ4v) is 1.38. The van der Waals surface area contributed by atoms with Crippen LogP contribution in [0.2, 0.25) is 0 Å². The second-order valence-electron chi connectivity index (χ2n) is 4.71. The van der Waals surface area contributed by atoms with E-state index in [2.05, 4.69) is 5.32 Å². The first kappa shape index (κ1) is 17.2. The van der Waals surface area contributed by atoms with Crippen LogP contribution in [0.1, 0.15) is 20.3 Å². The fourth-order valence-electron chi connectivity index (χ4n) is 1.38. The third-order valence-electron chi connectivity index (χ3n) is 2.40. The van der Waals surface area contributed by atoms with Gasteiger partial charge < -0.3 is 15.5 Å². The number of carbonyl (C=O) groups is 1. The highest BCUT2D eigenvalue weighted by Gasteiger charge is 2.28. The van der Waals surface area contributed by atoms with Gasteiger partial charge in [0, 0.05) is 6.04 Å². The van der Waals surface area contributed by atoms with E-state index < -0.39 is 24.7 Å². The van der Waals surface area contributed by atoms with E-state index in [1.165, 1.54) is 0 Å². The van der Waals surface area contributed by atoms with Crippen LogP contribution in [0.5, 0.6) is 0 Å². The second kappa shape index (κ2) is 7.58. The van der Waals surface area contributed by atoms with Crippen LogP contribution in [0.25, 0.3) is 0 Å². The van der Waals surface area contributed by atoms with Crippen molar-refractivity contribution in [2.75, 3.05) is 27.2 Å². The molecule has 0 heterocycles. The molecule has 0 spiro atoms. The monoisotopic (exact) mass is 269 g/mol. The van der Waals surface area contributed by atoms with Crippen LogP contribution in [0.3, 0.4) is 0 Å². The van der Waals surface area contributed by atoms with Crippen molar-refractivity contribution < 1.29 is 18.0 Å². The number of amides is 1. The Morgan fingerprint density at radius 2 is 1.83 bits per heavy atom. The molecule has 0 saturated carbocycles. The van der Waals surface area contributed by atoms with E-state index >= 15 is 0 Å². The normalized spacial score (nSPS) is 15.6. The Morgan fingerprint density at radius 1 is 1.28 bits per heavy atom. The molecule has 18 heavy (non-hydrogen) atoms. The van der Waals surface area contributed by atoms with Gasteiger partial charge in [-0.2, -0.15) is 13.2 Å². The van der Waals surface area contributed by atoms with Crippen molar-refractivity contribution in [1.82, 2.24) is 15.5 Å². The molecule has 0 aromatic rings. The van der Waals surface area contributed by atoms with Gasteiger partial charge in [-0.3, -0.25) is 4.79 Å². The first-order valence-corrected chi connectivity index (χ1v) is 5.87. The van der Waals surface area contributed by atoms with Crippen LogP contribution in [-0.2, 0) is 4.79 Å². The lowest BCUT2D eigenvalue weighted by molar-refractivity contribution is -0.139. The lowest BCUT2D eigenvalue weighted by Gasteiger charge is -2.21. The summed E-state index contributed by atoms with van der Waals surface area (Å²) < 4.78 is 35.7. The molecule has 2 atom stereocenters. The second-order valence-corrected chi connectivity index (χ2v) is 4.71. The maximum Gasteiger partial charge on any atom is 0.405 e. The van der Waals surface area contributed by atoms with Gasteiger partial charge in [-0.15, -0.1) is 0 Å². The maximum atomic E-state index is 11.9. The van der Waals surface area contributed by atoms with Gasteiger partial charge in [0.15, 0.2) is 0 Å². The predicted octanol–water partition coefficient (Wildman–Crippen LogP) is 0.983. The Kier molecular flexibility index (Phi) is 7.23. The minimum absolute atomic E-state index is 0.0686. The molecule has 1 amide bonds. The molecule has 2 N–H and O–H groups in total. The highest BCUT2D eigenvalue weighted by atomic mass is 19.4. The van der Waals surface area contributed by atoms with Gasteiger partial charge in [-0.25, -0.2) is 0 Å². The van der Waals surface area contributed by atoms with Crippen LogP contribution >= 0.6 is 0 Å². The molecule has 0 aromatic carbocycles. The van der Waals surface area contributed by atoms with Crippen LogP contribution in [0, 0.1) is 0 Å². The smallest absolute Gasteiger partial charge is 0.346 e. The van der Waals surface area contributed by atoms with E-state index in [1.54, 1.807) is 6.92 Å². The molecule has 0 aliphatic rings. The molecule has 0 bridgehead atoms. The summed E-state index contributed by atoms with van der Waals surface area (Å²) in [7, 11) is 3.87. The Labute approximate surface area is 106 Å². The molecule has 4 nitrogen and oxygen atoms in total. The van der Waals surface area contributed by atoms with Crippen LogP contribution in [0.4, 0.5) is 13.2 Å².